The molecule has 1 aliphatic rings. The summed E-state index contributed by atoms with van der Waals surface area (Å²) in [4.78, 5) is 15.0. The fraction of sp³-hybridized carbons (Fsp3) is 0.417. The van der Waals surface area contributed by atoms with Crippen LogP contribution in [0.5, 0.6) is 0 Å². The smallest absolute Gasteiger partial charge is 0.230 e. The predicted molar refractivity (Wildman–Crippen MR) is 68.0 cm³/mol. The fourth-order valence-corrected chi connectivity index (χ4v) is 2.14. The van der Waals surface area contributed by atoms with Gasteiger partial charge in [0, 0.05) is 13.1 Å². The molecule has 0 unspecified atom stereocenters. The fourth-order valence-electron chi connectivity index (χ4n) is 2.14. The molecular weight excluding hydrogens is 230 g/mol. The number of hydrogen-bond donors (Lipinski definition) is 1. The second kappa shape index (κ2) is 4.64. The largest absolute Gasteiger partial charge is 0.472 e. The van der Waals surface area contributed by atoms with Gasteiger partial charge in [0.05, 0.1) is 11.8 Å². The van der Waals surface area contributed by atoms with Gasteiger partial charge in [0.1, 0.15) is 6.26 Å². The summed E-state index contributed by atoms with van der Waals surface area (Å²) in [5.74, 6) is 1.48. The first-order chi connectivity index (χ1) is 8.83. The van der Waals surface area contributed by atoms with E-state index in [9.17, 15) is 0 Å². The standard InChI is InChI=1S/C12H15N5O/c13-11-14-10(9-4-7-18-8-9)15-12(16-11)17-5-2-1-3-6-17/h4,7-8H,1-3,5-6H2,(H2,13,14,15,16). The lowest BCUT2D eigenvalue weighted by atomic mass is 10.1. The monoisotopic (exact) mass is 245 g/mol. The van der Waals surface area contributed by atoms with E-state index in [1.807, 2.05) is 6.07 Å². The van der Waals surface area contributed by atoms with Crippen molar-refractivity contribution in [3.63, 3.8) is 0 Å². The molecule has 0 saturated carbocycles. The highest BCUT2D eigenvalue weighted by Gasteiger charge is 2.16. The maximum atomic E-state index is 5.75. The number of nitrogens with two attached hydrogens (primary N) is 1. The van der Waals surface area contributed by atoms with Crippen LogP contribution in [-0.2, 0) is 0 Å². The third kappa shape index (κ3) is 2.13. The molecule has 1 fully saturated rings. The zero-order valence-electron chi connectivity index (χ0n) is 10.0. The summed E-state index contributed by atoms with van der Waals surface area (Å²) in [6, 6.07) is 1.81. The van der Waals surface area contributed by atoms with Crippen LogP contribution in [0, 0.1) is 0 Å². The van der Waals surface area contributed by atoms with Crippen LogP contribution in [0.2, 0.25) is 0 Å². The summed E-state index contributed by atoms with van der Waals surface area (Å²) in [6.07, 6.45) is 6.82. The van der Waals surface area contributed by atoms with Crippen LogP contribution in [0.4, 0.5) is 11.9 Å². The molecule has 94 valence electrons. The van der Waals surface area contributed by atoms with Crippen LogP contribution < -0.4 is 10.6 Å². The highest BCUT2D eigenvalue weighted by molar-refractivity contribution is 5.56. The number of rotatable bonds is 2. The number of furan rings is 1. The molecule has 1 aliphatic heterocycles. The van der Waals surface area contributed by atoms with Crippen molar-refractivity contribution in [2.75, 3.05) is 23.7 Å². The Hall–Kier alpha value is -2.11. The van der Waals surface area contributed by atoms with Gasteiger partial charge in [-0.3, -0.25) is 0 Å². The van der Waals surface area contributed by atoms with Crippen LogP contribution in [0.15, 0.2) is 23.0 Å². The molecule has 0 spiro atoms. The van der Waals surface area contributed by atoms with Gasteiger partial charge in [0.2, 0.25) is 11.9 Å². The Morgan fingerprint density at radius 3 is 2.67 bits per heavy atom. The summed E-state index contributed by atoms with van der Waals surface area (Å²) in [5, 5.41) is 0. The van der Waals surface area contributed by atoms with Crippen molar-refractivity contribution in [3.05, 3.63) is 18.6 Å². The topological polar surface area (TPSA) is 81.1 Å². The highest BCUT2D eigenvalue weighted by atomic mass is 16.3. The van der Waals surface area contributed by atoms with Crippen LogP contribution in [-0.4, -0.2) is 28.0 Å². The molecule has 2 aromatic heterocycles. The van der Waals surface area contributed by atoms with E-state index in [0.29, 0.717) is 11.8 Å². The van der Waals surface area contributed by atoms with Gasteiger partial charge in [0.15, 0.2) is 5.82 Å². The maximum Gasteiger partial charge on any atom is 0.230 e. The third-order valence-electron chi connectivity index (χ3n) is 3.06. The van der Waals surface area contributed by atoms with E-state index < -0.39 is 0 Å². The minimum absolute atomic E-state index is 0.252. The van der Waals surface area contributed by atoms with E-state index in [1.165, 1.54) is 19.3 Å². The van der Waals surface area contributed by atoms with Crippen LogP contribution in [0.3, 0.4) is 0 Å². The number of nitrogens with zero attached hydrogens (tertiary/aromatic N) is 4. The molecule has 1 saturated heterocycles. The lowest BCUT2D eigenvalue weighted by Gasteiger charge is -2.26. The van der Waals surface area contributed by atoms with Gasteiger partial charge in [-0.25, -0.2) is 0 Å². The molecule has 2 N–H and O–H groups in total. The summed E-state index contributed by atoms with van der Waals surface area (Å²) >= 11 is 0. The van der Waals surface area contributed by atoms with Crippen LogP contribution in [0.25, 0.3) is 11.4 Å². The van der Waals surface area contributed by atoms with Crippen molar-refractivity contribution in [3.8, 4) is 11.4 Å². The van der Waals surface area contributed by atoms with Crippen molar-refractivity contribution in [1.82, 2.24) is 15.0 Å². The van der Waals surface area contributed by atoms with Crippen LogP contribution >= 0.6 is 0 Å². The molecule has 0 atom stereocenters. The van der Waals surface area contributed by atoms with Crippen molar-refractivity contribution < 1.29 is 4.42 Å². The molecule has 0 aliphatic carbocycles. The Balaban J connectivity index is 1.95. The van der Waals surface area contributed by atoms with Crippen molar-refractivity contribution in [2.24, 2.45) is 0 Å². The normalized spacial score (nSPS) is 15.9. The zero-order chi connectivity index (χ0) is 12.4. The van der Waals surface area contributed by atoms with E-state index in [-0.39, 0.29) is 5.95 Å². The van der Waals surface area contributed by atoms with Gasteiger partial charge in [0.25, 0.3) is 0 Å². The number of aromatic nitrogens is 3. The number of anilines is 2. The summed E-state index contributed by atoms with van der Waals surface area (Å²) in [6.45, 7) is 1.96. The van der Waals surface area contributed by atoms with E-state index in [1.54, 1.807) is 12.5 Å². The van der Waals surface area contributed by atoms with Gasteiger partial charge in [-0.15, -0.1) is 0 Å². The van der Waals surface area contributed by atoms with E-state index in [0.717, 1.165) is 18.7 Å². The Morgan fingerprint density at radius 2 is 1.94 bits per heavy atom. The lowest BCUT2D eigenvalue weighted by molar-refractivity contribution is 0.566. The average molecular weight is 245 g/mol. The average Bonchev–Trinajstić information content (AvgIpc) is 2.93. The molecule has 6 nitrogen and oxygen atoms in total. The minimum atomic E-state index is 0.252. The zero-order valence-corrected chi connectivity index (χ0v) is 10.0. The summed E-state index contributed by atoms with van der Waals surface area (Å²) in [5.41, 5.74) is 6.57. The quantitative estimate of drug-likeness (QED) is 0.867. The highest BCUT2D eigenvalue weighted by Crippen LogP contribution is 2.21. The molecule has 2 aromatic rings. The molecule has 0 radical (unpaired) electrons. The maximum absolute atomic E-state index is 5.75. The molecule has 0 amide bonds. The number of hydrogen-bond acceptors (Lipinski definition) is 6. The van der Waals surface area contributed by atoms with Gasteiger partial charge in [-0.05, 0) is 25.3 Å². The van der Waals surface area contributed by atoms with E-state index in [4.69, 9.17) is 10.2 Å². The first-order valence-electron chi connectivity index (χ1n) is 6.12. The van der Waals surface area contributed by atoms with Gasteiger partial charge in [-0.2, -0.15) is 15.0 Å². The van der Waals surface area contributed by atoms with E-state index >= 15 is 0 Å². The van der Waals surface area contributed by atoms with Crippen molar-refractivity contribution in [1.29, 1.82) is 0 Å². The third-order valence-corrected chi connectivity index (χ3v) is 3.06. The van der Waals surface area contributed by atoms with Gasteiger partial charge >= 0.3 is 0 Å². The molecule has 0 bridgehead atoms. The van der Waals surface area contributed by atoms with Crippen molar-refractivity contribution >= 4 is 11.9 Å². The van der Waals surface area contributed by atoms with Gasteiger partial charge < -0.3 is 15.1 Å². The number of nitrogen functional groups attached to an aromatic ring is 1. The Kier molecular flexibility index (Phi) is 2.84. The molecule has 18 heavy (non-hydrogen) atoms. The van der Waals surface area contributed by atoms with E-state index in [2.05, 4.69) is 19.9 Å². The predicted octanol–water partition coefficient (Wildman–Crippen LogP) is 1.70. The first kappa shape index (κ1) is 11.0. The number of piperidine rings is 1. The van der Waals surface area contributed by atoms with Gasteiger partial charge in [-0.1, -0.05) is 0 Å². The summed E-state index contributed by atoms with van der Waals surface area (Å²) in [7, 11) is 0. The molecule has 6 heteroatoms. The second-order valence-corrected chi connectivity index (χ2v) is 4.38. The lowest BCUT2D eigenvalue weighted by Crippen LogP contribution is -2.31. The van der Waals surface area contributed by atoms with Crippen molar-refractivity contribution in [2.45, 2.75) is 19.3 Å². The Morgan fingerprint density at radius 1 is 1.11 bits per heavy atom. The summed E-state index contributed by atoms with van der Waals surface area (Å²) < 4.78 is 5.04. The van der Waals surface area contributed by atoms with Crippen LogP contribution in [0.1, 0.15) is 19.3 Å². The minimum Gasteiger partial charge on any atom is -0.472 e. The Labute approximate surface area is 105 Å². The first-order valence-corrected chi connectivity index (χ1v) is 6.12. The molecule has 0 aromatic carbocycles. The second-order valence-electron chi connectivity index (χ2n) is 4.38. The molecule has 3 rings (SSSR count). The Bertz CT molecular complexity index is 519. The molecule has 3 heterocycles. The molecular formula is C12H15N5O. The SMILES string of the molecule is Nc1nc(-c2ccoc2)nc(N2CCCCC2)n1.